The summed E-state index contributed by atoms with van der Waals surface area (Å²) in [5.41, 5.74) is 1.53. The summed E-state index contributed by atoms with van der Waals surface area (Å²) < 4.78 is 32.4. The van der Waals surface area contributed by atoms with Gasteiger partial charge in [0.05, 0.1) is 34.7 Å². The second kappa shape index (κ2) is 10.4. The quantitative estimate of drug-likeness (QED) is 0.436. The molecular weight excluding hydrogens is 455 g/mol. The van der Waals surface area contributed by atoms with Gasteiger partial charge < -0.3 is 25.0 Å². The minimum absolute atomic E-state index is 0.131. The zero-order valence-electron chi connectivity index (χ0n) is 19.3. The maximum Gasteiger partial charge on any atom is 0.475 e. The van der Waals surface area contributed by atoms with Crippen LogP contribution in [0.2, 0.25) is 0 Å². The van der Waals surface area contributed by atoms with Crippen molar-refractivity contribution in [3.8, 4) is 5.75 Å². The maximum absolute atomic E-state index is 13.4. The largest absolute Gasteiger partial charge is 0.490 e. The number of likely N-dealkylation sites (N-methyl/N-ethyl adjacent to an activating group) is 1. The Balaban J connectivity index is 1.57. The molecule has 0 bridgehead atoms. The molecule has 34 heavy (non-hydrogen) atoms. The molecule has 0 saturated heterocycles. The molecule has 1 aliphatic carbocycles. The topological polar surface area (TPSA) is 116 Å². The maximum atomic E-state index is 13.4. The smallest absolute Gasteiger partial charge is 0.475 e. The Hall–Kier alpha value is -2.56. The van der Waals surface area contributed by atoms with E-state index in [2.05, 4.69) is 5.32 Å². The van der Waals surface area contributed by atoms with Gasteiger partial charge in [-0.2, -0.15) is 0 Å². The van der Waals surface area contributed by atoms with Crippen LogP contribution in [0, 0.1) is 11.8 Å². The summed E-state index contributed by atoms with van der Waals surface area (Å²) in [4.78, 5) is 15.3. The van der Waals surface area contributed by atoms with Crippen molar-refractivity contribution in [2.24, 2.45) is 11.8 Å². The number of anilines is 1. The number of carbonyl (C=O) groups is 1. The molecule has 2 aromatic carbocycles. The molecule has 0 unspecified atom stereocenters. The standard InChI is InChI=1S/C24H31BN2O6S/c1-27-11-12-33-22-10-9-20(15-21(22)27)34(31,32)16-19(13-17-5-3-2-4-6-17)24(28)26-23(25(29)30)14-18-7-8-18/h2-6,9-10,15,18-19,23,29-30H,7-8,11-14,16H2,1H3,(H,26,28)/t19-,23+/m1/s1. The van der Waals surface area contributed by atoms with Crippen LogP contribution in [0.3, 0.4) is 0 Å². The molecule has 0 spiro atoms. The van der Waals surface area contributed by atoms with Crippen molar-refractivity contribution >= 4 is 28.6 Å². The summed E-state index contributed by atoms with van der Waals surface area (Å²) >= 11 is 0. The first-order valence-electron chi connectivity index (χ1n) is 11.6. The van der Waals surface area contributed by atoms with Crippen molar-refractivity contribution < 1.29 is 28.0 Å². The van der Waals surface area contributed by atoms with Crippen LogP contribution in [-0.4, -0.2) is 63.4 Å². The van der Waals surface area contributed by atoms with E-state index in [1.54, 1.807) is 12.1 Å². The van der Waals surface area contributed by atoms with Gasteiger partial charge in [-0.1, -0.05) is 43.2 Å². The highest BCUT2D eigenvalue weighted by Crippen LogP contribution is 2.35. The summed E-state index contributed by atoms with van der Waals surface area (Å²) in [6, 6.07) is 14.0. The van der Waals surface area contributed by atoms with Crippen LogP contribution >= 0.6 is 0 Å². The molecule has 182 valence electrons. The Morgan fingerprint density at radius 2 is 1.94 bits per heavy atom. The van der Waals surface area contributed by atoms with E-state index in [0.29, 0.717) is 36.9 Å². The molecule has 3 N–H and O–H groups in total. The second-order valence-electron chi connectivity index (χ2n) is 9.28. The van der Waals surface area contributed by atoms with Gasteiger partial charge in [-0.15, -0.1) is 0 Å². The van der Waals surface area contributed by atoms with Crippen LogP contribution in [0.1, 0.15) is 24.8 Å². The van der Waals surface area contributed by atoms with E-state index in [1.165, 1.54) is 6.07 Å². The van der Waals surface area contributed by atoms with Crippen LogP contribution in [0.5, 0.6) is 5.75 Å². The Labute approximate surface area is 201 Å². The van der Waals surface area contributed by atoms with Crippen LogP contribution in [0.25, 0.3) is 0 Å². The van der Waals surface area contributed by atoms with E-state index in [-0.39, 0.29) is 11.3 Å². The number of ether oxygens (including phenoxy) is 1. The molecular formula is C24H31BN2O6S. The van der Waals surface area contributed by atoms with Gasteiger partial charge in [0, 0.05) is 7.05 Å². The lowest BCUT2D eigenvalue weighted by Gasteiger charge is -2.28. The lowest BCUT2D eigenvalue weighted by atomic mass is 9.76. The molecule has 1 fully saturated rings. The lowest BCUT2D eigenvalue weighted by molar-refractivity contribution is -0.124. The molecule has 8 nitrogen and oxygen atoms in total. The second-order valence-corrected chi connectivity index (χ2v) is 11.3. The summed E-state index contributed by atoms with van der Waals surface area (Å²) in [5, 5.41) is 22.2. The molecule has 10 heteroatoms. The molecule has 0 aromatic heterocycles. The van der Waals surface area contributed by atoms with Crippen LogP contribution in [0.15, 0.2) is 53.4 Å². The number of benzene rings is 2. The van der Waals surface area contributed by atoms with E-state index in [0.717, 1.165) is 18.4 Å². The highest BCUT2D eigenvalue weighted by molar-refractivity contribution is 7.91. The molecule has 2 atom stereocenters. The average Bonchev–Trinajstić information content (AvgIpc) is 3.63. The lowest BCUT2D eigenvalue weighted by Crippen LogP contribution is -2.50. The van der Waals surface area contributed by atoms with Crippen LogP contribution < -0.4 is 15.0 Å². The minimum Gasteiger partial charge on any atom is -0.490 e. The number of fused-ring (bicyclic) bond motifs is 1. The predicted octanol–water partition coefficient (Wildman–Crippen LogP) is 1.44. The molecule has 1 aliphatic heterocycles. The van der Waals surface area contributed by atoms with Crippen LogP contribution in [0.4, 0.5) is 5.69 Å². The third kappa shape index (κ3) is 6.11. The molecule has 4 rings (SSSR count). The third-order valence-corrected chi connectivity index (χ3v) is 8.29. The third-order valence-electron chi connectivity index (χ3n) is 6.47. The van der Waals surface area contributed by atoms with Crippen molar-refractivity contribution in [3.63, 3.8) is 0 Å². The van der Waals surface area contributed by atoms with Crippen molar-refractivity contribution in [2.75, 3.05) is 30.9 Å². The van der Waals surface area contributed by atoms with Gasteiger partial charge in [-0.25, -0.2) is 8.42 Å². The SMILES string of the molecule is CN1CCOc2ccc(S(=O)(=O)C[C@@H](Cc3ccccc3)C(=O)N[C@@H](CC3CC3)B(O)O)cc21. The number of nitrogens with zero attached hydrogens (tertiary/aromatic N) is 1. The van der Waals surface area contributed by atoms with E-state index >= 15 is 0 Å². The zero-order valence-corrected chi connectivity index (χ0v) is 20.1. The summed E-state index contributed by atoms with van der Waals surface area (Å²) in [6.45, 7) is 1.19. The molecule has 1 saturated carbocycles. The number of hydrogen-bond donors (Lipinski definition) is 3. The normalized spacial score (nSPS) is 17.3. The Morgan fingerprint density at radius 1 is 1.21 bits per heavy atom. The highest BCUT2D eigenvalue weighted by Gasteiger charge is 2.35. The van der Waals surface area contributed by atoms with Crippen LogP contribution in [-0.2, 0) is 21.1 Å². The first-order valence-corrected chi connectivity index (χ1v) is 13.3. The summed E-state index contributed by atoms with van der Waals surface area (Å²) in [5.74, 6) is -1.61. The van der Waals surface area contributed by atoms with Gasteiger partial charge in [0.1, 0.15) is 12.4 Å². The van der Waals surface area contributed by atoms with E-state index in [9.17, 15) is 23.3 Å². The van der Waals surface area contributed by atoms with Gasteiger partial charge in [0.2, 0.25) is 5.91 Å². The van der Waals surface area contributed by atoms with E-state index < -0.39 is 40.5 Å². The van der Waals surface area contributed by atoms with E-state index in [1.807, 2.05) is 42.3 Å². The monoisotopic (exact) mass is 486 g/mol. The van der Waals surface area contributed by atoms with Gasteiger partial charge in [0.15, 0.2) is 9.84 Å². The fourth-order valence-corrected chi connectivity index (χ4v) is 5.84. The minimum atomic E-state index is -3.82. The van der Waals surface area contributed by atoms with Crippen molar-refractivity contribution in [1.29, 1.82) is 0 Å². The zero-order chi connectivity index (χ0) is 24.3. The van der Waals surface area contributed by atoms with Crippen molar-refractivity contribution in [3.05, 3.63) is 54.1 Å². The van der Waals surface area contributed by atoms with Crippen molar-refractivity contribution in [1.82, 2.24) is 5.32 Å². The number of rotatable bonds is 10. The van der Waals surface area contributed by atoms with E-state index in [4.69, 9.17) is 4.74 Å². The van der Waals surface area contributed by atoms with Gasteiger partial charge >= 0.3 is 7.12 Å². The number of amides is 1. The molecule has 2 aliphatic rings. The van der Waals surface area contributed by atoms with Gasteiger partial charge in [0.25, 0.3) is 0 Å². The number of sulfone groups is 1. The first-order chi connectivity index (χ1) is 16.2. The first kappa shape index (κ1) is 24.6. The van der Waals surface area contributed by atoms with Gasteiger partial charge in [-0.05, 0) is 42.5 Å². The fraction of sp³-hybridized carbons (Fsp3) is 0.458. The van der Waals surface area contributed by atoms with Crippen molar-refractivity contribution in [2.45, 2.75) is 36.5 Å². The van der Waals surface area contributed by atoms with Gasteiger partial charge in [-0.3, -0.25) is 4.79 Å². The number of carbonyl (C=O) groups excluding carboxylic acids is 1. The Bertz CT molecular complexity index is 1110. The Kier molecular flexibility index (Phi) is 7.49. The number of nitrogens with one attached hydrogen (secondary N) is 1. The molecule has 0 radical (unpaired) electrons. The molecule has 2 aromatic rings. The highest BCUT2D eigenvalue weighted by atomic mass is 32.2. The summed E-state index contributed by atoms with van der Waals surface area (Å²) in [7, 11) is -3.64. The molecule has 1 heterocycles. The fourth-order valence-electron chi connectivity index (χ4n) is 4.28. The Morgan fingerprint density at radius 3 is 2.62 bits per heavy atom. The summed E-state index contributed by atoms with van der Waals surface area (Å²) in [6.07, 6.45) is 2.68. The predicted molar refractivity (Wildman–Crippen MR) is 130 cm³/mol. The average molecular weight is 486 g/mol. The molecule has 1 amide bonds. The number of hydrogen-bond acceptors (Lipinski definition) is 7.